The molecule has 0 spiro atoms. The van der Waals surface area contributed by atoms with Crippen LogP contribution in [0.1, 0.15) is 43.0 Å². The zero-order valence-electron chi connectivity index (χ0n) is 23.0. The van der Waals surface area contributed by atoms with E-state index >= 15 is 0 Å². The van der Waals surface area contributed by atoms with Crippen LogP contribution in [0.5, 0.6) is 11.5 Å². The molecule has 1 amide bonds. The zero-order valence-corrected chi connectivity index (χ0v) is 24.6. The summed E-state index contributed by atoms with van der Waals surface area (Å²) in [7, 11) is 0. The quantitative estimate of drug-likeness (QED) is 0.0656. The number of thioether (sulfide) groups is 1. The summed E-state index contributed by atoms with van der Waals surface area (Å²) in [6.45, 7) is 4.92. The Morgan fingerprint density at radius 3 is 2.29 bits per heavy atom. The first kappa shape index (κ1) is 29.3. The largest absolute Gasteiger partial charge is 0.507 e. The fraction of sp³-hybridized carbons (Fsp3) is 0.226. The average Bonchev–Trinajstić information content (AvgIpc) is 3.58. The van der Waals surface area contributed by atoms with Crippen LogP contribution in [0, 0.1) is 5.82 Å². The fourth-order valence-corrected chi connectivity index (χ4v) is 6.25. The average molecular weight is 606 g/mol. The minimum Gasteiger partial charge on any atom is -0.507 e. The van der Waals surface area contributed by atoms with Crippen molar-refractivity contribution in [1.29, 1.82) is 0 Å². The molecule has 0 radical (unpaired) electrons. The molecule has 8 nitrogen and oxygen atoms in total. The van der Waals surface area contributed by atoms with Gasteiger partial charge in [0.2, 0.25) is 5.13 Å². The van der Waals surface area contributed by atoms with Crippen molar-refractivity contribution in [1.82, 2.24) is 10.2 Å². The summed E-state index contributed by atoms with van der Waals surface area (Å²) in [5, 5.41) is 20.1. The molecule has 1 atom stereocenters. The van der Waals surface area contributed by atoms with Gasteiger partial charge in [0, 0.05) is 11.3 Å². The third-order valence-corrected chi connectivity index (χ3v) is 8.56. The van der Waals surface area contributed by atoms with Gasteiger partial charge in [-0.05, 0) is 73.0 Å². The number of ether oxygens (including phenoxy) is 2. The molecular formula is C31H28FN3O5S2. The first-order valence-electron chi connectivity index (χ1n) is 13.4. The first-order chi connectivity index (χ1) is 20.4. The van der Waals surface area contributed by atoms with Crippen molar-refractivity contribution in [2.75, 3.05) is 18.1 Å². The third kappa shape index (κ3) is 6.32. The molecule has 11 heteroatoms. The molecule has 0 aliphatic carbocycles. The molecule has 1 N–H and O–H groups in total. The monoisotopic (exact) mass is 605 g/mol. The van der Waals surface area contributed by atoms with Crippen LogP contribution in [0.4, 0.5) is 9.52 Å². The normalized spacial score (nSPS) is 16.2. The second kappa shape index (κ2) is 13.2. The van der Waals surface area contributed by atoms with Crippen LogP contribution in [0.25, 0.3) is 5.76 Å². The van der Waals surface area contributed by atoms with E-state index in [4.69, 9.17) is 9.47 Å². The minimum absolute atomic E-state index is 0.0536. The molecule has 5 rings (SSSR count). The number of aromatic nitrogens is 2. The molecule has 1 aliphatic heterocycles. The van der Waals surface area contributed by atoms with E-state index in [1.807, 2.05) is 13.8 Å². The number of carbonyl (C=O) groups excluding carboxylic acids is 2. The molecule has 3 aromatic carbocycles. The van der Waals surface area contributed by atoms with Crippen LogP contribution in [0.3, 0.4) is 0 Å². The Bertz CT molecular complexity index is 1590. The van der Waals surface area contributed by atoms with Gasteiger partial charge in [0.05, 0.1) is 24.8 Å². The number of hydrogen-bond donors (Lipinski definition) is 1. The van der Waals surface area contributed by atoms with E-state index in [0.717, 1.165) is 23.3 Å². The molecule has 42 heavy (non-hydrogen) atoms. The van der Waals surface area contributed by atoms with Crippen molar-refractivity contribution in [2.45, 2.75) is 36.4 Å². The summed E-state index contributed by atoms with van der Waals surface area (Å²) in [6, 6.07) is 19.0. The molecule has 1 aromatic heterocycles. The summed E-state index contributed by atoms with van der Waals surface area (Å²) in [5.74, 6) is -0.460. The van der Waals surface area contributed by atoms with Gasteiger partial charge in [0.25, 0.3) is 5.78 Å². The molecule has 1 aliphatic rings. The fourth-order valence-electron chi connectivity index (χ4n) is 4.43. The Hall–Kier alpha value is -4.22. The highest BCUT2D eigenvalue weighted by atomic mass is 32.2. The van der Waals surface area contributed by atoms with Crippen LogP contribution < -0.4 is 14.4 Å². The second-order valence-corrected chi connectivity index (χ2v) is 11.5. The molecule has 1 fully saturated rings. The number of hydrogen-bond acceptors (Lipinski definition) is 9. The van der Waals surface area contributed by atoms with Crippen molar-refractivity contribution in [3.63, 3.8) is 0 Å². The maximum atomic E-state index is 13.5. The van der Waals surface area contributed by atoms with E-state index in [1.165, 1.54) is 28.8 Å². The summed E-state index contributed by atoms with van der Waals surface area (Å²) in [5.41, 5.74) is 1.82. The predicted molar refractivity (Wildman–Crippen MR) is 160 cm³/mol. The molecule has 1 saturated heterocycles. The number of amides is 1. The van der Waals surface area contributed by atoms with Gasteiger partial charge < -0.3 is 14.6 Å². The maximum absolute atomic E-state index is 13.5. The van der Waals surface area contributed by atoms with Crippen LogP contribution in [0.15, 0.2) is 82.7 Å². The molecule has 0 saturated carbocycles. The Kier molecular flexibility index (Phi) is 9.19. The first-order valence-corrected chi connectivity index (χ1v) is 15.2. The number of rotatable bonds is 11. The number of benzene rings is 3. The van der Waals surface area contributed by atoms with Gasteiger partial charge in [-0.1, -0.05) is 54.3 Å². The number of aliphatic hydroxyl groups is 1. The van der Waals surface area contributed by atoms with Gasteiger partial charge in [-0.3, -0.25) is 14.5 Å². The number of ketones is 1. The highest BCUT2D eigenvalue weighted by Crippen LogP contribution is 2.44. The number of aliphatic hydroxyl groups excluding tert-OH is 1. The number of carbonyl (C=O) groups is 2. The Morgan fingerprint density at radius 1 is 0.952 bits per heavy atom. The lowest BCUT2D eigenvalue weighted by atomic mass is 9.95. The van der Waals surface area contributed by atoms with E-state index in [1.54, 1.807) is 60.7 Å². The lowest BCUT2D eigenvalue weighted by molar-refractivity contribution is -0.132. The Labute approximate surface area is 250 Å². The third-order valence-electron chi connectivity index (χ3n) is 6.43. The number of halogens is 1. The minimum atomic E-state index is -0.945. The number of nitrogens with zero attached hydrogens (tertiary/aromatic N) is 3. The molecular weight excluding hydrogens is 577 g/mol. The second-order valence-electron chi connectivity index (χ2n) is 9.31. The molecule has 2 heterocycles. The SMILES string of the molecule is CCCOc1ccc(C2/C(=C(/O)c3ccc(OCC)cc3)C(=O)C(=O)N2c2nnc(SCc3ccc(F)cc3)s2)cc1. The Balaban J connectivity index is 1.51. The van der Waals surface area contributed by atoms with Gasteiger partial charge in [-0.25, -0.2) is 4.39 Å². The summed E-state index contributed by atoms with van der Waals surface area (Å²) < 4.78 is 25.0. The molecule has 0 bridgehead atoms. The molecule has 4 aromatic rings. The molecule has 1 unspecified atom stereocenters. The van der Waals surface area contributed by atoms with Gasteiger partial charge in [0.1, 0.15) is 23.1 Å². The van der Waals surface area contributed by atoms with Crippen molar-refractivity contribution in [3.05, 3.63) is 101 Å². The van der Waals surface area contributed by atoms with E-state index in [-0.39, 0.29) is 22.3 Å². The lowest BCUT2D eigenvalue weighted by Crippen LogP contribution is -2.29. The van der Waals surface area contributed by atoms with Crippen molar-refractivity contribution < 1.29 is 28.6 Å². The van der Waals surface area contributed by atoms with Gasteiger partial charge in [-0.2, -0.15) is 0 Å². The van der Waals surface area contributed by atoms with Crippen molar-refractivity contribution >= 4 is 45.7 Å². The van der Waals surface area contributed by atoms with Crippen LogP contribution in [-0.4, -0.2) is 40.2 Å². The highest BCUT2D eigenvalue weighted by Gasteiger charge is 2.48. The van der Waals surface area contributed by atoms with Gasteiger partial charge in [0.15, 0.2) is 4.34 Å². The summed E-state index contributed by atoms with van der Waals surface area (Å²) in [4.78, 5) is 28.2. The van der Waals surface area contributed by atoms with Gasteiger partial charge in [-0.15, -0.1) is 10.2 Å². The van der Waals surface area contributed by atoms with Crippen LogP contribution in [-0.2, 0) is 15.3 Å². The number of Topliss-reactive ketones (excluding diaryl/α,β-unsaturated/α-hetero) is 1. The van der Waals surface area contributed by atoms with E-state index in [0.29, 0.717) is 45.9 Å². The topological polar surface area (TPSA) is 102 Å². The van der Waals surface area contributed by atoms with E-state index < -0.39 is 17.7 Å². The summed E-state index contributed by atoms with van der Waals surface area (Å²) >= 11 is 2.55. The van der Waals surface area contributed by atoms with Crippen molar-refractivity contribution in [3.8, 4) is 11.5 Å². The Morgan fingerprint density at radius 2 is 1.62 bits per heavy atom. The smallest absolute Gasteiger partial charge is 0.301 e. The van der Waals surface area contributed by atoms with Crippen molar-refractivity contribution in [2.24, 2.45) is 0 Å². The van der Waals surface area contributed by atoms with E-state index in [2.05, 4.69) is 10.2 Å². The van der Waals surface area contributed by atoms with Crippen LogP contribution >= 0.6 is 23.1 Å². The highest BCUT2D eigenvalue weighted by molar-refractivity contribution is 8.00. The zero-order chi connectivity index (χ0) is 29.6. The number of anilines is 1. The van der Waals surface area contributed by atoms with Crippen LogP contribution in [0.2, 0.25) is 0 Å². The maximum Gasteiger partial charge on any atom is 0.301 e. The lowest BCUT2D eigenvalue weighted by Gasteiger charge is -2.22. The van der Waals surface area contributed by atoms with Gasteiger partial charge >= 0.3 is 5.91 Å². The molecule has 216 valence electrons. The standard InChI is InChI=1S/C31H28FN3O5S2/c1-3-17-40-24-13-7-20(8-14-24)26-25(27(36)21-9-15-23(16-10-21)39-4-2)28(37)29(38)35(26)30-33-34-31(42-30)41-18-19-5-11-22(32)12-6-19/h5-16,26,36H,3-4,17-18H2,1-2H3/b27-25-. The van der Waals surface area contributed by atoms with E-state index in [9.17, 15) is 19.1 Å². The summed E-state index contributed by atoms with van der Waals surface area (Å²) in [6.07, 6.45) is 0.850. The predicted octanol–water partition coefficient (Wildman–Crippen LogP) is 6.78.